The summed E-state index contributed by atoms with van der Waals surface area (Å²) in [5.74, 6) is 0.615. The Hall–Kier alpha value is -6.06. The number of fused-ring (bicyclic) bond motifs is 9. The molecule has 9 aromatic rings. The lowest BCUT2D eigenvalue weighted by molar-refractivity contribution is 0.623. The Balaban J connectivity index is 1.11. The van der Waals surface area contributed by atoms with Gasteiger partial charge in [-0.25, -0.2) is 4.98 Å². The number of oxazole rings is 1. The van der Waals surface area contributed by atoms with Crippen molar-refractivity contribution in [3.63, 3.8) is 0 Å². The number of benzene rings is 7. The molecule has 226 valence electrons. The maximum absolute atomic E-state index is 6.59. The molecule has 0 radical (unpaired) electrons. The fourth-order valence-corrected chi connectivity index (χ4v) is 7.91. The second-order valence-corrected chi connectivity index (χ2v) is 13.4. The van der Waals surface area contributed by atoms with E-state index in [2.05, 4.69) is 140 Å². The van der Waals surface area contributed by atoms with Crippen molar-refractivity contribution in [2.45, 2.75) is 19.3 Å². The van der Waals surface area contributed by atoms with E-state index in [9.17, 15) is 0 Å². The highest BCUT2D eigenvalue weighted by molar-refractivity contribution is 6.21. The number of nitrogens with zero attached hydrogens (tertiary/aromatic N) is 2. The Morgan fingerprint density at radius 2 is 1.27 bits per heavy atom. The summed E-state index contributed by atoms with van der Waals surface area (Å²) < 4.78 is 6.59. The molecule has 0 aliphatic heterocycles. The van der Waals surface area contributed by atoms with Gasteiger partial charge in [0, 0.05) is 27.9 Å². The lowest BCUT2D eigenvalue weighted by atomic mass is 9.82. The van der Waals surface area contributed by atoms with Crippen LogP contribution in [0, 0.1) is 0 Å². The van der Waals surface area contributed by atoms with Crippen molar-refractivity contribution in [1.29, 1.82) is 0 Å². The first kappa shape index (κ1) is 27.1. The predicted molar refractivity (Wildman–Crippen MR) is 198 cm³/mol. The van der Waals surface area contributed by atoms with Crippen LogP contribution in [0.5, 0.6) is 0 Å². The van der Waals surface area contributed by atoms with Gasteiger partial charge in [0.15, 0.2) is 5.58 Å². The van der Waals surface area contributed by atoms with Gasteiger partial charge in [-0.3, -0.25) is 4.98 Å². The third-order valence-corrected chi connectivity index (χ3v) is 10.3. The monoisotopic (exact) mass is 614 g/mol. The molecule has 1 aliphatic rings. The van der Waals surface area contributed by atoms with Crippen LogP contribution in [0.15, 0.2) is 150 Å². The zero-order valence-electron chi connectivity index (χ0n) is 26.7. The van der Waals surface area contributed by atoms with Crippen molar-refractivity contribution in [2.24, 2.45) is 0 Å². The van der Waals surface area contributed by atoms with Crippen LogP contribution in [-0.4, -0.2) is 9.97 Å². The van der Waals surface area contributed by atoms with Gasteiger partial charge in [-0.1, -0.05) is 105 Å². The average molecular weight is 615 g/mol. The number of hydrogen-bond acceptors (Lipinski definition) is 3. The molecule has 2 aromatic heterocycles. The summed E-state index contributed by atoms with van der Waals surface area (Å²) in [4.78, 5) is 9.40. The first-order valence-electron chi connectivity index (χ1n) is 16.5. The topological polar surface area (TPSA) is 38.9 Å². The SMILES string of the molecule is CC1(C)c2ccccc2-c2cc(-c3cccc(-c4cc5ccc6nc(-c7ccc8ncccc8c7)oc6c5c5ccccc45)c3)ccc21. The standard InChI is InChI=1S/C45H30N2O/c1-45(2)38-15-6-5-13-34(38)37-25-28(16-19-39(37)45)27-9-7-10-29(23-27)36-26-31-17-21-41-43(42(31)35-14-4-3-12-33(35)36)48-44(47-41)32-18-20-40-30(24-32)11-8-22-46-40/h3-26H,1-2H3. The van der Waals surface area contributed by atoms with Crippen molar-refractivity contribution >= 4 is 43.5 Å². The van der Waals surface area contributed by atoms with Gasteiger partial charge in [0.2, 0.25) is 5.89 Å². The first-order valence-corrected chi connectivity index (χ1v) is 16.5. The molecule has 0 saturated carbocycles. The van der Waals surface area contributed by atoms with Crippen LogP contribution in [0.3, 0.4) is 0 Å². The van der Waals surface area contributed by atoms with Crippen LogP contribution >= 0.6 is 0 Å². The Labute approximate surface area is 278 Å². The zero-order chi connectivity index (χ0) is 32.0. The van der Waals surface area contributed by atoms with Crippen molar-refractivity contribution in [1.82, 2.24) is 9.97 Å². The highest BCUT2D eigenvalue weighted by Crippen LogP contribution is 2.49. The van der Waals surface area contributed by atoms with Crippen molar-refractivity contribution in [3.8, 4) is 44.8 Å². The molecular formula is C45H30N2O. The molecule has 2 heterocycles. The van der Waals surface area contributed by atoms with Crippen LogP contribution in [0.25, 0.3) is 88.4 Å². The average Bonchev–Trinajstić information content (AvgIpc) is 3.67. The van der Waals surface area contributed by atoms with Crippen molar-refractivity contribution in [2.75, 3.05) is 0 Å². The third-order valence-electron chi connectivity index (χ3n) is 10.3. The van der Waals surface area contributed by atoms with E-state index >= 15 is 0 Å². The predicted octanol–water partition coefficient (Wildman–Crippen LogP) is 12.0. The van der Waals surface area contributed by atoms with Crippen LogP contribution in [0.1, 0.15) is 25.0 Å². The minimum Gasteiger partial charge on any atom is -0.435 e. The molecule has 0 bridgehead atoms. The van der Waals surface area contributed by atoms with Crippen molar-refractivity contribution in [3.05, 3.63) is 157 Å². The maximum atomic E-state index is 6.59. The number of pyridine rings is 1. The summed E-state index contributed by atoms with van der Waals surface area (Å²) in [6.45, 7) is 4.66. The fraction of sp³-hybridized carbons (Fsp3) is 0.0667. The molecule has 0 spiro atoms. The van der Waals surface area contributed by atoms with Crippen LogP contribution in [0.4, 0.5) is 0 Å². The van der Waals surface area contributed by atoms with Gasteiger partial charge in [-0.2, -0.15) is 0 Å². The Morgan fingerprint density at radius 1 is 0.500 bits per heavy atom. The summed E-state index contributed by atoms with van der Waals surface area (Å²) in [5.41, 5.74) is 13.9. The first-order chi connectivity index (χ1) is 23.5. The summed E-state index contributed by atoms with van der Waals surface area (Å²) in [5, 5.41) is 5.62. The van der Waals surface area contributed by atoms with Gasteiger partial charge in [-0.15, -0.1) is 0 Å². The van der Waals surface area contributed by atoms with Gasteiger partial charge in [0.1, 0.15) is 5.52 Å². The van der Waals surface area contributed by atoms with E-state index in [1.165, 1.54) is 49.9 Å². The number of rotatable bonds is 3. The van der Waals surface area contributed by atoms with Gasteiger partial charge in [-0.05, 0) is 109 Å². The minimum atomic E-state index is -0.00103. The fourth-order valence-electron chi connectivity index (χ4n) is 7.91. The number of aromatic nitrogens is 2. The molecule has 7 aromatic carbocycles. The molecule has 0 fully saturated rings. The molecule has 3 heteroatoms. The normalized spacial score (nSPS) is 13.4. The second-order valence-electron chi connectivity index (χ2n) is 13.4. The molecule has 3 nitrogen and oxygen atoms in total. The zero-order valence-corrected chi connectivity index (χ0v) is 26.7. The minimum absolute atomic E-state index is 0.00103. The lowest BCUT2D eigenvalue weighted by Gasteiger charge is -2.21. The molecule has 10 rings (SSSR count). The molecule has 0 amide bonds. The Bertz CT molecular complexity index is 2770. The summed E-state index contributed by atoms with van der Waals surface area (Å²) >= 11 is 0. The van der Waals surface area contributed by atoms with Gasteiger partial charge in [0.05, 0.1) is 5.52 Å². The highest BCUT2D eigenvalue weighted by atomic mass is 16.3. The van der Waals surface area contributed by atoms with Crippen LogP contribution in [-0.2, 0) is 5.41 Å². The van der Waals surface area contributed by atoms with Crippen LogP contribution < -0.4 is 0 Å². The third kappa shape index (κ3) is 3.94. The largest absolute Gasteiger partial charge is 0.435 e. The van der Waals surface area contributed by atoms with Gasteiger partial charge >= 0.3 is 0 Å². The molecular weight excluding hydrogens is 585 g/mol. The number of hydrogen-bond donors (Lipinski definition) is 0. The molecule has 48 heavy (non-hydrogen) atoms. The smallest absolute Gasteiger partial charge is 0.227 e. The van der Waals surface area contributed by atoms with E-state index in [0.717, 1.165) is 43.7 Å². The molecule has 0 N–H and O–H groups in total. The van der Waals surface area contributed by atoms with Gasteiger partial charge < -0.3 is 4.42 Å². The maximum Gasteiger partial charge on any atom is 0.227 e. The van der Waals surface area contributed by atoms with Gasteiger partial charge in [0.25, 0.3) is 0 Å². The van der Waals surface area contributed by atoms with E-state index < -0.39 is 0 Å². The van der Waals surface area contributed by atoms with E-state index in [1.54, 1.807) is 0 Å². The van der Waals surface area contributed by atoms with E-state index in [-0.39, 0.29) is 5.41 Å². The second kappa shape index (κ2) is 9.97. The Morgan fingerprint density at radius 3 is 2.21 bits per heavy atom. The molecule has 0 unspecified atom stereocenters. The highest BCUT2D eigenvalue weighted by Gasteiger charge is 2.35. The van der Waals surface area contributed by atoms with Crippen LogP contribution in [0.2, 0.25) is 0 Å². The molecule has 0 saturated heterocycles. The van der Waals surface area contributed by atoms with Crippen molar-refractivity contribution < 1.29 is 4.42 Å². The molecule has 0 atom stereocenters. The van der Waals surface area contributed by atoms with E-state index in [0.29, 0.717) is 5.89 Å². The Kier molecular flexibility index (Phi) is 5.63. The summed E-state index contributed by atoms with van der Waals surface area (Å²) in [6, 6.07) is 50.2. The van der Waals surface area contributed by atoms with E-state index in [1.807, 2.05) is 24.4 Å². The quantitative estimate of drug-likeness (QED) is 0.186. The summed E-state index contributed by atoms with van der Waals surface area (Å²) in [6.07, 6.45) is 1.82. The lowest BCUT2D eigenvalue weighted by Crippen LogP contribution is -2.14. The molecule has 1 aliphatic carbocycles. The summed E-state index contributed by atoms with van der Waals surface area (Å²) in [7, 11) is 0. The van der Waals surface area contributed by atoms with E-state index in [4.69, 9.17) is 9.40 Å².